The van der Waals surface area contributed by atoms with E-state index in [0.717, 1.165) is 29.7 Å². The molecule has 0 spiro atoms. The first-order valence-electron chi connectivity index (χ1n) is 7.54. The van der Waals surface area contributed by atoms with Crippen LogP contribution in [0.2, 0.25) is 0 Å². The first-order valence-corrected chi connectivity index (χ1v) is 8.42. The Morgan fingerprint density at radius 1 is 1.29 bits per heavy atom. The fraction of sp³-hybridized carbons (Fsp3) is 0.444. The summed E-state index contributed by atoms with van der Waals surface area (Å²) in [6.07, 6.45) is 2.78. The lowest BCUT2D eigenvalue weighted by Gasteiger charge is -2.47. The van der Waals surface area contributed by atoms with Gasteiger partial charge >= 0.3 is 0 Å². The molecule has 1 aromatic carbocycles. The zero-order valence-electron chi connectivity index (χ0n) is 12.7. The summed E-state index contributed by atoms with van der Waals surface area (Å²) in [7, 11) is 0. The number of hydrogen-bond acceptors (Lipinski definition) is 3. The molecule has 21 heavy (non-hydrogen) atoms. The van der Waals surface area contributed by atoms with E-state index < -0.39 is 5.60 Å². The van der Waals surface area contributed by atoms with Crippen molar-refractivity contribution < 1.29 is 5.11 Å². The smallest absolute Gasteiger partial charge is 0.103 e. The van der Waals surface area contributed by atoms with Gasteiger partial charge in [-0.1, -0.05) is 24.3 Å². The van der Waals surface area contributed by atoms with Crippen molar-refractivity contribution in [3.63, 3.8) is 0 Å². The molecule has 3 rings (SSSR count). The Labute approximate surface area is 130 Å². The molecule has 2 atom stereocenters. The van der Waals surface area contributed by atoms with Gasteiger partial charge in [0.15, 0.2) is 0 Å². The van der Waals surface area contributed by atoms with Crippen molar-refractivity contribution in [1.29, 1.82) is 0 Å². The number of nitrogens with two attached hydrogens (primary N) is 1. The molecule has 1 aliphatic carbocycles. The Kier molecular flexibility index (Phi) is 3.68. The maximum Gasteiger partial charge on any atom is 0.103 e. The van der Waals surface area contributed by atoms with E-state index in [1.165, 1.54) is 11.1 Å². The Balaban J connectivity index is 2.04. The van der Waals surface area contributed by atoms with Gasteiger partial charge < -0.3 is 10.8 Å². The third-order valence-corrected chi connectivity index (χ3v) is 6.48. The molecule has 0 saturated heterocycles. The van der Waals surface area contributed by atoms with E-state index in [2.05, 4.69) is 42.6 Å². The maximum absolute atomic E-state index is 11.4. The summed E-state index contributed by atoms with van der Waals surface area (Å²) in [6, 6.07) is 10.6. The minimum Gasteiger partial charge on any atom is -0.384 e. The third kappa shape index (κ3) is 2.24. The first-order chi connectivity index (χ1) is 10.00. The number of aliphatic hydroxyl groups is 1. The van der Waals surface area contributed by atoms with Gasteiger partial charge in [-0.05, 0) is 61.2 Å². The topological polar surface area (TPSA) is 46.2 Å². The Bertz CT molecular complexity index is 646. The molecule has 2 unspecified atom stereocenters. The van der Waals surface area contributed by atoms with Crippen LogP contribution in [-0.4, -0.2) is 11.7 Å². The van der Waals surface area contributed by atoms with Crippen molar-refractivity contribution >= 4 is 11.3 Å². The number of benzene rings is 1. The SMILES string of the molecule is Cc1ccsc1C(C)(O)C1(CN)CCc2ccccc2C1. The number of aryl methyl sites for hydroxylation is 2. The van der Waals surface area contributed by atoms with Crippen LogP contribution in [0, 0.1) is 12.3 Å². The van der Waals surface area contributed by atoms with Gasteiger partial charge in [0.05, 0.1) is 0 Å². The average molecular weight is 301 g/mol. The summed E-state index contributed by atoms with van der Waals surface area (Å²) >= 11 is 1.64. The number of hydrogen-bond donors (Lipinski definition) is 2. The predicted octanol–water partition coefficient (Wildman–Crippen LogP) is 3.40. The molecule has 3 heteroatoms. The lowest BCUT2D eigenvalue weighted by Crippen LogP contribution is -2.51. The number of rotatable bonds is 3. The minimum atomic E-state index is -0.881. The van der Waals surface area contributed by atoms with Crippen LogP contribution in [0.5, 0.6) is 0 Å². The van der Waals surface area contributed by atoms with E-state index in [1.54, 1.807) is 11.3 Å². The van der Waals surface area contributed by atoms with Crippen LogP contribution in [0.3, 0.4) is 0 Å². The van der Waals surface area contributed by atoms with E-state index in [9.17, 15) is 5.11 Å². The number of fused-ring (bicyclic) bond motifs is 1. The van der Waals surface area contributed by atoms with Crippen LogP contribution in [0.1, 0.15) is 34.9 Å². The fourth-order valence-electron chi connectivity index (χ4n) is 3.70. The van der Waals surface area contributed by atoms with E-state index >= 15 is 0 Å². The van der Waals surface area contributed by atoms with Crippen LogP contribution >= 0.6 is 11.3 Å². The molecule has 1 aliphatic rings. The largest absolute Gasteiger partial charge is 0.384 e. The van der Waals surface area contributed by atoms with Gasteiger partial charge in [-0.2, -0.15) is 0 Å². The lowest BCUT2D eigenvalue weighted by molar-refractivity contribution is -0.0780. The number of thiophene rings is 1. The van der Waals surface area contributed by atoms with Crippen molar-refractivity contribution in [1.82, 2.24) is 0 Å². The van der Waals surface area contributed by atoms with Crippen molar-refractivity contribution in [3.05, 3.63) is 57.3 Å². The van der Waals surface area contributed by atoms with Crippen LogP contribution in [0.15, 0.2) is 35.7 Å². The monoisotopic (exact) mass is 301 g/mol. The van der Waals surface area contributed by atoms with Crippen molar-refractivity contribution in [3.8, 4) is 0 Å². The van der Waals surface area contributed by atoms with Gasteiger partial charge in [0.25, 0.3) is 0 Å². The van der Waals surface area contributed by atoms with Crippen LogP contribution in [0.4, 0.5) is 0 Å². The second-order valence-corrected chi connectivity index (χ2v) is 7.35. The lowest BCUT2D eigenvalue weighted by atomic mass is 9.61. The zero-order chi connectivity index (χ0) is 15.1. The van der Waals surface area contributed by atoms with Crippen LogP contribution < -0.4 is 5.73 Å². The molecule has 0 amide bonds. The molecule has 1 aromatic heterocycles. The van der Waals surface area contributed by atoms with Gasteiger partial charge in [0.2, 0.25) is 0 Å². The molecule has 2 nitrogen and oxygen atoms in total. The van der Waals surface area contributed by atoms with E-state index in [4.69, 9.17) is 5.73 Å². The van der Waals surface area contributed by atoms with Gasteiger partial charge in [-0.25, -0.2) is 0 Å². The summed E-state index contributed by atoms with van der Waals surface area (Å²) in [5.74, 6) is 0. The maximum atomic E-state index is 11.4. The highest BCUT2D eigenvalue weighted by Crippen LogP contribution is 2.50. The molecule has 3 N–H and O–H groups in total. The molecule has 2 aromatic rings. The molecule has 112 valence electrons. The molecule has 0 fully saturated rings. The van der Waals surface area contributed by atoms with Gasteiger partial charge in [0, 0.05) is 16.8 Å². The Morgan fingerprint density at radius 3 is 2.62 bits per heavy atom. The summed E-state index contributed by atoms with van der Waals surface area (Å²) in [4.78, 5) is 1.06. The summed E-state index contributed by atoms with van der Waals surface area (Å²) in [5, 5.41) is 13.4. The molecule has 0 radical (unpaired) electrons. The summed E-state index contributed by atoms with van der Waals surface area (Å²) in [5.41, 5.74) is 8.92. The van der Waals surface area contributed by atoms with Crippen molar-refractivity contribution in [2.45, 2.75) is 38.7 Å². The van der Waals surface area contributed by atoms with E-state index in [0.29, 0.717) is 6.54 Å². The van der Waals surface area contributed by atoms with Crippen molar-refractivity contribution in [2.24, 2.45) is 11.1 Å². The molecule has 1 heterocycles. The molecule has 0 aliphatic heterocycles. The summed E-state index contributed by atoms with van der Waals surface area (Å²) in [6.45, 7) is 4.53. The second kappa shape index (κ2) is 5.24. The second-order valence-electron chi connectivity index (χ2n) is 6.43. The van der Waals surface area contributed by atoms with E-state index in [1.807, 2.05) is 6.92 Å². The van der Waals surface area contributed by atoms with Crippen LogP contribution in [-0.2, 0) is 18.4 Å². The first kappa shape index (κ1) is 14.8. The zero-order valence-corrected chi connectivity index (χ0v) is 13.5. The third-order valence-electron chi connectivity index (χ3n) is 5.25. The normalized spacial score (nSPS) is 24.4. The highest BCUT2D eigenvalue weighted by molar-refractivity contribution is 7.10. The highest BCUT2D eigenvalue weighted by Gasteiger charge is 2.49. The average Bonchev–Trinajstić information content (AvgIpc) is 2.93. The Hall–Kier alpha value is -1.16. The minimum absolute atomic E-state index is 0.281. The standard InChI is InChI=1S/C18H23NOS/c1-13-8-10-21-16(13)17(2,20)18(12-19)9-7-14-5-3-4-6-15(14)11-18/h3-6,8,10,20H,7,9,11-12,19H2,1-2H3. The quantitative estimate of drug-likeness (QED) is 0.912. The molecule has 0 saturated carbocycles. The Morgan fingerprint density at radius 2 is 2.00 bits per heavy atom. The van der Waals surface area contributed by atoms with Crippen LogP contribution in [0.25, 0.3) is 0 Å². The predicted molar refractivity (Wildman–Crippen MR) is 88.6 cm³/mol. The summed E-state index contributed by atoms with van der Waals surface area (Å²) < 4.78 is 0. The molecular formula is C18H23NOS. The molecular weight excluding hydrogens is 278 g/mol. The highest BCUT2D eigenvalue weighted by atomic mass is 32.1. The van der Waals surface area contributed by atoms with E-state index in [-0.39, 0.29) is 5.41 Å². The fourth-order valence-corrected chi connectivity index (χ4v) is 4.81. The van der Waals surface area contributed by atoms with Gasteiger partial charge in [-0.3, -0.25) is 0 Å². The molecule has 0 bridgehead atoms. The van der Waals surface area contributed by atoms with Crippen molar-refractivity contribution in [2.75, 3.05) is 6.54 Å². The van der Waals surface area contributed by atoms with Gasteiger partial charge in [-0.15, -0.1) is 11.3 Å². The van der Waals surface area contributed by atoms with Gasteiger partial charge in [0.1, 0.15) is 5.60 Å².